The predicted molar refractivity (Wildman–Crippen MR) is 29.7 cm³/mol. The van der Waals surface area contributed by atoms with Crippen LogP contribution in [0.4, 0.5) is 0 Å². The highest BCUT2D eigenvalue weighted by molar-refractivity contribution is 4.86. The van der Waals surface area contributed by atoms with E-state index in [0.29, 0.717) is 10.6 Å². The third kappa shape index (κ3) is 1.11. The molecule has 7 heavy (non-hydrogen) atoms. The lowest BCUT2D eigenvalue weighted by Crippen LogP contribution is -2.35. The van der Waals surface area contributed by atoms with E-state index in [-0.39, 0.29) is 0 Å². The molecule has 2 N–H and O–H groups in total. The van der Waals surface area contributed by atoms with E-state index in [1.165, 1.54) is 6.92 Å². The summed E-state index contributed by atoms with van der Waals surface area (Å²) in [6.45, 7) is -1.19. The van der Waals surface area contributed by atoms with Crippen molar-refractivity contribution in [3.05, 3.63) is 12.4 Å². The Morgan fingerprint density at radius 1 is 2.43 bits per heavy atom. The third-order valence-corrected chi connectivity index (χ3v) is 0.598. The largest absolute Gasteiger partial charge is 0.388 e. The van der Waals surface area contributed by atoms with Crippen LogP contribution in [-0.4, -0.2) is 12.5 Å². The fourth-order valence-electron chi connectivity index (χ4n) is 0.297. The van der Waals surface area contributed by atoms with E-state index in [0.717, 1.165) is 6.20 Å². The number of rotatable bonds is 0. The zero-order valence-electron chi connectivity index (χ0n) is 9.97. The maximum absolute atomic E-state index is 7.53. The van der Waals surface area contributed by atoms with Gasteiger partial charge in [-0.1, -0.05) is 0 Å². The van der Waals surface area contributed by atoms with Crippen molar-refractivity contribution in [2.45, 2.75) is 12.9 Å². The Morgan fingerprint density at radius 3 is 4.14 bits per heavy atom. The van der Waals surface area contributed by atoms with Crippen LogP contribution in [0.15, 0.2) is 12.4 Å². The third-order valence-electron chi connectivity index (χ3n) is 0.598. The van der Waals surface area contributed by atoms with Crippen LogP contribution in [0.1, 0.15) is 12.4 Å². The molecule has 40 valence electrons. The van der Waals surface area contributed by atoms with Gasteiger partial charge in [0.15, 0.2) is 2.82 Å². The fourth-order valence-corrected chi connectivity index (χ4v) is 0.297. The average Bonchev–Trinajstić information content (AvgIpc) is 2.00. The number of hydrogen-bond donors (Lipinski definition) is 2. The Morgan fingerprint density at radius 2 is 3.29 bits per heavy atom. The molecule has 1 aliphatic heterocycles. The first-order valence-corrected chi connectivity index (χ1v) is 1.97. The van der Waals surface area contributed by atoms with Gasteiger partial charge in [0, 0.05) is 24.9 Å². The van der Waals surface area contributed by atoms with Gasteiger partial charge in [-0.15, -0.1) is 0 Å². The monoisotopic (exact) mass is 104 g/mol. The SMILES string of the molecule is [2H]C1=CN([2H])C([2H])(C)C([2H])([2H])N1[2H]. The fraction of sp³-hybridized carbons (Fsp3) is 0.600. The first-order valence-electron chi connectivity index (χ1n) is 4.86. The summed E-state index contributed by atoms with van der Waals surface area (Å²) >= 11 is 0. The molecule has 1 atom stereocenters. The molecule has 0 aromatic carbocycles. The highest BCUT2D eigenvalue weighted by atomic mass is 15.0. The van der Waals surface area contributed by atoms with Gasteiger partial charge in [0.1, 0.15) is 0 Å². The molecule has 0 fully saturated rings. The molecule has 2 heteroatoms. The molecule has 0 aromatic rings. The maximum atomic E-state index is 7.53. The lowest BCUT2D eigenvalue weighted by Gasteiger charge is -2.15. The van der Waals surface area contributed by atoms with Crippen LogP contribution in [0.25, 0.3) is 0 Å². The lowest BCUT2D eigenvalue weighted by atomic mass is 10.3. The van der Waals surface area contributed by atoms with Crippen molar-refractivity contribution < 1.29 is 8.31 Å². The van der Waals surface area contributed by atoms with Crippen molar-refractivity contribution in [2.24, 2.45) is 0 Å². The molecule has 0 bridgehead atoms. The molecule has 0 radical (unpaired) electrons. The summed E-state index contributed by atoms with van der Waals surface area (Å²) in [5, 5.41) is 0.839. The molecule has 1 heterocycles. The highest BCUT2D eigenvalue weighted by Crippen LogP contribution is 1.82. The van der Waals surface area contributed by atoms with E-state index in [9.17, 15) is 0 Å². The molecule has 0 amide bonds. The summed E-state index contributed by atoms with van der Waals surface area (Å²) in [6.07, 6.45) is 0.492. The first kappa shape index (κ1) is 1.19. The van der Waals surface area contributed by atoms with Crippen molar-refractivity contribution in [1.82, 2.24) is 10.6 Å². The van der Waals surface area contributed by atoms with E-state index in [1.807, 2.05) is 0 Å². The van der Waals surface area contributed by atoms with Gasteiger partial charge in [0.05, 0.1) is 5.48 Å². The van der Waals surface area contributed by atoms with Crippen LogP contribution in [0.5, 0.6) is 0 Å². The summed E-state index contributed by atoms with van der Waals surface area (Å²) in [4.78, 5) is 0. The van der Waals surface area contributed by atoms with Gasteiger partial charge >= 0.3 is 0 Å². The van der Waals surface area contributed by atoms with Crippen molar-refractivity contribution >= 4 is 0 Å². The molecular formula is C5H10N2. The van der Waals surface area contributed by atoms with Crippen molar-refractivity contribution in [3.63, 3.8) is 0 Å². The zero-order valence-corrected chi connectivity index (χ0v) is 3.97. The molecule has 0 spiro atoms. The first-order chi connectivity index (χ1) is 5.71. The molecule has 1 unspecified atom stereocenters. The summed E-state index contributed by atoms with van der Waals surface area (Å²) in [6, 6.07) is -1.89. The molecule has 1 rings (SSSR count). The molecular weight excluding hydrogens is 88.1 g/mol. The lowest BCUT2D eigenvalue weighted by molar-refractivity contribution is 0.578. The topological polar surface area (TPSA) is 24.1 Å². The van der Waals surface area contributed by atoms with Crippen LogP contribution in [0, 0.1) is 0 Å². The number of hydrogen-bond acceptors (Lipinski definition) is 2. The maximum Gasteiger partial charge on any atom is 0.160 e. The normalized spacial score (nSPS) is 62.7. The summed E-state index contributed by atoms with van der Waals surface area (Å²) in [5.41, 5.74) is 0. The summed E-state index contributed by atoms with van der Waals surface area (Å²) in [7, 11) is 0. The van der Waals surface area contributed by atoms with Crippen LogP contribution in [0.2, 0.25) is 2.82 Å². The van der Waals surface area contributed by atoms with Gasteiger partial charge in [-0.05, 0) is 6.92 Å². The standard InChI is InChI=1S/C5H10N2/c1-5-4-6-2-3-7-5/h2-3,5-7H,4H2,1H3/i2D,4D2,5D/hD2. The predicted octanol–water partition coefficient (Wildman–Crippen LogP) is 0.0389. The Labute approximate surface area is 52.1 Å². The van der Waals surface area contributed by atoms with Crippen LogP contribution < -0.4 is 10.6 Å². The highest BCUT2D eigenvalue weighted by Gasteiger charge is 1.97. The van der Waals surface area contributed by atoms with Gasteiger partial charge in [0.2, 0.25) is 0 Å². The average molecular weight is 104 g/mol. The second-order valence-electron chi connectivity index (χ2n) is 1.20. The molecule has 0 aromatic heterocycles. The number of nitrogens with one attached hydrogen (secondary N) is 2. The van der Waals surface area contributed by atoms with E-state index >= 15 is 0 Å². The Kier molecular flexibility index (Phi) is 0.317. The van der Waals surface area contributed by atoms with E-state index in [4.69, 9.17) is 8.31 Å². The van der Waals surface area contributed by atoms with E-state index < -0.39 is 18.7 Å². The molecule has 0 saturated heterocycles. The van der Waals surface area contributed by atoms with E-state index in [2.05, 4.69) is 0 Å². The molecule has 1 aliphatic rings. The van der Waals surface area contributed by atoms with Crippen LogP contribution >= 0.6 is 0 Å². The second kappa shape index (κ2) is 1.87. The Hall–Kier alpha value is -0.660. The molecule has 0 saturated carbocycles. The van der Waals surface area contributed by atoms with Gasteiger partial charge in [0.25, 0.3) is 0 Å². The van der Waals surface area contributed by atoms with Crippen molar-refractivity contribution in [3.8, 4) is 0 Å². The van der Waals surface area contributed by atoms with Gasteiger partial charge < -0.3 is 10.6 Å². The minimum atomic E-state index is -2.37. The molecule has 2 nitrogen and oxygen atoms in total. The van der Waals surface area contributed by atoms with Gasteiger partial charge in [-0.25, -0.2) is 0 Å². The minimum Gasteiger partial charge on any atom is -0.388 e. The van der Waals surface area contributed by atoms with Crippen LogP contribution in [-0.2, 0) is 0 Å². The van der Waals surface area contributed by atoms with Gasteiger partial charge in [-0.3, -0.25) is 0 Å². The Balaban J connectivity index is 3.18. The van der Waals surface area contributed by atoms with E-state index in [1.54, 1.807) is 0 Å². The second-order valence-corrected chi connectivity index (χ2v) is 1.20. The zero-order chi connectivity index (χ0) is 10.4. The smallest absolute Gasteiger partial charge is 0.160 e. The molecule has 0 aliphatic carbocycles. The summed E-state index contributed by atoms with van der Waals surface area (Å²) in [5.74, 6) is 0. The summed E-state index contributed by atoms with van der Waals surface area (Å²) < 4.78 is 43.9. The van der Waals surface area contributed by atoms with Crippen molar-refractivity contribution in [2.75, 3.05) is 6.50 Å². The van der Waals surface area contributed by atoms with Crippen molar-refractivity contribution in [1.29, 1.82) is 0 Å². The minimum absolute atomic E-state index is 0.297. The quantitative estimate of drug-likeness (QED) is 0.453. The Bertz CT molecular complexity index is 249. The van der Waals surface area contributed by atoms with Crippen LogP contribution in [0.3, 0.4) is 0 Å². The van der Waals surface area contributed by atoms with Gasteiger partial charge in [-0.2, -0.15) is 0 Å².